The molecule has 0 unspecified atom stereocenters. The number of pyridine rings is 1. The predicted octanol–water partition coefficient (Wildman–Crippen LogP) is 3.81. The van der Waals surface area contributed by atoms with Crippen molar-refractivity contribution in [1.29, 1.82) is 0 Å². The molecule has 0 radical (unpaired) electrons. The van der Waals surface area contributed by atoms with Gasteiger partial charge in [0.05, 0.1) is 18.5 Å². The van der Waals surface area contributed by atoms with Gasteiger partial charge < -0.3 is 9.72 Å². The Morgan fingerprint density at radius 2 is 1.88 bits per heavy atom. The molecule has 0 fully saturated rings. The van der Waals surface area contributed by atoms with Crippen LogP contribution < -0.4 is 21.4 Å². The second-order valence-electron chi connectivity index (χ2n) is 8.37. The maximum atomic E-state index is 13.3. The molecule has 0 aliphatic carbocycles. The average Bonchev–Trinajstić information content (AvgIpc) is 3.16. The highest BCUT2D eigenvalue weighted by atomic mass is 32.1. The number of fused-ring (bicyclic) bond motifs is 1. The highest BCUT2D eigenvalue weighted by Gasteiger charge is 2.16. The van der Waals surface area contributed by atoms with Crippen LogP contribution in [-0.2, 0) is 6.54 Å². The number of aryl methyl sites for hydroxylation is 2. The van der Waals surface area contributed by atoms with Crippen LogP contribution in [0.4, 0.5) is 0 Å². The maximum Gasteiger partial charge on any atom is 0.329 e. The number of nitrogens with zero attached hydrogens (tertiary/aromatic N) is 1. The predicted molar refractivity (Wildman–Crippen MR) is 128 cm³/mol. The van der Waals surface area contributed by atoms with Gasteiger partial charge >= 0.3 is 5.69 Å². The molecule has 0 saturated carbocycles. The van der Waals surface area contributed by atoms with E-state index >= 15 is 0 Å². The summed E-state index contributed by atoms with van der Waals surface area (Å²) in [6.07, 6.45) is 1.48. The van der Waals surface area contributed by atoms with Gasteiger partial charge in [0.15, 0.2) is 5.75 Å². The largest absolute Gasteiger partial charge is 0.488 e. The van der Waals surface area contributed by atoms with Gasteiger partial charge in [-0.25, -0.2) is 4.79 Å². The molecule has 1 aromatic carbocycles. The van der Waals surface area contributed by atoms with Gasteiger partial charge in [-0.15, -0.1) is 11.3 Å². The average molecular weight is 452 g/mol. The van der Waals surface area contributed by atoms with Crippen LogP contribution in [0.25, 0.3) is 21.3 Å². The minimum atomic E-state index is -0.517. The monoisotopic (exact) mass is 451 g/mol. The van der Waals surface area contributed by atoms with E-state index < -0.39 is 5.69 Å². The third-order valence-electron chi connectivity index (χ3n) is 5.37. The quantitative estimate of drug-likeness (QED) is 0.466. The molecule has 2 N–H and O–H groups in total. The summed E-state index contributed by atoms with van der Waals surface area (Å²) in [5.41, 5.74) is 3.26. The van der Waals surface area contributed by atoms with Gasteiger partial charge in [0.1, 0.15) is 4.83 Å². The van der Waals surface area contributed by atoms with Crippen LogP contribution in [0, 0.1) is 19.8 Å². The van der Waals surface area contributed by atoms with E-state index in [0.717, 1.165) is 21.3 Å². The number of benzene rings is 1. The number of aromatic amines is 2. The summed E-state index contributed by atoms with van der Waals surface area (Å²) >= 11 is 1.33. The lowest BCUT2D eigenvalue weighted by atomic mass is 10.0. The molecule has 4 rings (SSSR count). The fourth-order valence-electron chi connectivity index (χ4n) is 3.45. The fraction of sp³-hybridized carbons (Fsp3) is 0.292. The van der Waals surface area contributed by atoms with Crippen molar-refractivity contribution < 1.29 is 4.74 Å². The number of nitrogens with one attached hydrogen (secondary N) is 2. The Morgan fingerprint density at radius 3 is 2.56 bits per heavy atom. The molecule has 166 valence electrons. The number of H-pyrrole nitrogens is 2. The molecule has 0 spiro atoms. The Kier molecular flexibility index (Phi) is 5.88. The Labute approximate surface area is 188 Å². The molecule has 4 aromatic rings. The third-order valence-corrected chi connectivity index (χ3v) is 6.27. The van der Waals surface area contributed by atoms with Crippen molar-refractivity contribution in [2.45, 2.75) is 34.2 Å². The first kappa shape index (κ1) is 21.8. The van der Waals surface area contributed by atoms with Gasteiger partial charge in [0, 0.05) is 28.9 Å². The van der Waals surface area contributed by atoms with Gasteiger partial charge in [-0.2, -0.15) is 0 Å². The van der Waals surface area contributed by atoms with E-state index in [1.165, 1.54) is 29.2 Å². The smallest absolute Gasteiger partial charge is 0.329 e. The number of ether oxygens (including phenoxy) is 1. The van der Waals surface area contributed by atoms with Crippen LogP contribution in [0.5, 0.6) is 5.75 Å². The van der Waals surface area contributed by atoms with E-state index in [4.69, 9.17) is 4.74 Å². The molecule has 0 bridgehead atoms. The summed E-state index contributed by atoms with van der Waals surface area (Å²) in [5, 5.41) is 2.36. The normalized spacial score (nSPS) is 11.4. The molecular weight excluding hydrogens is 426 g/mol. The van der Waals surface area contributed by atoms with E-state index in [-0.39, 0.29) is 29.2 Å². The van der Waals surface area contributed by atoms with Crippen LogP contribution >= 0.6 is 11.3 Å². The number of aromatic nitrogens is 3. The van der Waals surface area contributed by atoms with Crippen LogP contribution in [0.2, 0.25) is 0 Å². The van der Waals surface area contributed by atoms with Crippen molar-refractivity contribution in [1.82, 2.24) is 14.5 Å². The standard InChI is InChI=1S/C24H25N3O4S/c1-13(2)11-31-20-9-25-17(8-19(20)28)10-27-23(29)21-18(12-32-22(21)26-24(27)30)16-6-5-14(3)15(4)7-16/h5-9,12-13H,10-11H2,1-4H3,(H,25,28)(H,26,30). The SMILES string of the molecule is Cc1ccc(-c2csc3[nH]c(=O)n(Cc4cc(=O)c(OCC(C)C)c[nH]4)c(=O)c23)cc1C. The minimum Gasteiger partial charge on any atom is -0.488 e. The molecule has 3 heterocycles. The van der Waals surface area contributed by atoms with Crippen molar-refractivity contribution in [2.75, 3.05) is 6.61 Å². The third kappa shape index (κ3) is 4.18. The molecule has 0 aliphatic rings. The zero-order valence-electron chi connectivity index (χ0n) is 18.4. The van der Waals surface area contributed by atoms with E-state index in [0.29, 0.717) is 22.5 Å². The topological polar surface area (TPSA) is 96.9 Å². The van der Waals surface area contributed by atoms with Crippen molar-refractivity contribution in [3.63, 3.8) is 0 Å². The van der Waals surface area contributed by atoms with Crippen molar-refractivity contribution in [3.8, 4) is 16.9 Å². The summed E-state index contributed by atoms with van der Waals surface area (Å²) in [5.74, 6) is 0.504. The highest BCUT2D eigenvalue weighted by Crippen LogP contribution is 2.31. The zero-order valence-corrected chi connectivity index (χ0v) is 19.3. The van der Waals surface area contributed by atoms with Crippen LogP contribution in [0.15, 0.2) is 50.2 Å². The number of thiophene rings is 1. The van der Waals surface area contributed by atoms with Crippen molar-refractivity contribution in [2.24, 2.45) is 5.92 Å². The maximum absolute atomic E-state index is 13.3. The lowest BCUT2D eigenvalue weighted by Crippen LogP contribution is -2.35. The summed E-state index contributed by atoms with van der Waals surface area (Å²) < 4.78 is 6.61. The molecule has 0 saturated heterocycles. The second kappa shape index (κ2) is 8.63. The fourth-order valence-corrected chi connectivity index (χ4v) is 4.40. The number of rotatable bonds is 6. The van der Waals surface area contributed by atoms with E-state index in [2.05, 4.69) is 9.97 Å². The molecule has 0 atom stereocenters. The van der Waals surface area contributed by atoms with Crippen LogP contribution in [0.1, 0.15) is 30.7 Å². The first-order chi connectivity index (χ1) is 15.2. The van der Waals surface area contributed by atoms with Crippen LogP contribution in [0.3, 0.4) is 0 Å². The summed E-state index contributed by atoms with van der Waals surface area (Å²) in [4.78, 5) is 44.6. The number of hydrogen-bond acceptors (Lipinski definition) is 5. The zero-order chi connectivity index (χ0) is 23.0. The minimum absolute atomic E-state index is 0.0496. The van der Waals surface area contributed by atoms with E-state index in [9.17, 15) is 14.4 Å². The van der Waals surface area contributed by atoms with Crippen molar-refractivity contribution >= 4 is 21.6 Å². The van der Waals surface area contributed by atoms with Crippen molar-refractivity contribution in [3.05, 3.63) is 83.7 Å². The highest BCUT2D eigenvalue weighted by molar-refractivity contribution is 7.17. The van der Waals surface area contributed by atoms with Gasteiger partial charge in [0.2, 0.25) is 5.43 Å². The van der Waals surface area contributed by atoms with Gasteiger partial charge in [-0.3, -0.25) is 19.1 Å². The first-order valence-corrected chi connectivity index (χ1v) is 11.3. The van der Waals surface area contributed by atoms with Crippen LogP contribution in [-0.4, -0.2) is 21.1 Å². The summed E-state index contributed by atoms with van der Waals surface area (Å²) in [6, 6.07) is 7.40. The molecule has 0 aliphatic heterocycles. The number of hydrogen-bond donors (Lipinski definition) is 2. The molecular formula is C24H25N3O4S. The Hall–Kier alpha value is -3.39. The van der Waals surface area contributed by atoms with E-state index in [1.807, 2.05) is 51.3 Å². The molecule has 8 heteroatoms. The Balaban J connectivity index is 1.75. The van der Waals surface area contributed by atoms with Gasteiger partial charge in [-0.1, -0.05) is 32.0 Å². The summed E-state index contributed by atoms with van der Waals surface area (Å²) in [7, 11) is 0. The molecule has 0 amide bonds. The van der Waals surface area contributed by atoms with Gasteiger partial charge in [0.25, 0.3) is 5.56 Å². The lowest BCUT2D eigenvalue weighted by Gasteiger charge is -2.10. The molecule has 3 aromatic heterocycles. The second-order valence-corrected chi connectivity index (χ2v) is 9.25. The van der Waals surface area contributed by atoms with Gasteiger partial charge in [-0.05, 0) is 36.5 Å². The Bertz CT molecular complexity index is 1470. The Morgan fingerprint density at radius 1 is 1.09 bits per heavy atom. The van der Waals surface area contributed by atoms with E-state index in [1.54, 1.807) is 0 Å². The first-order valence-electron chi connectivity index (χ1n) is 10.4. The summed E-state index contributed by atoms with van der Waals surface area (Å²) in [6.45, 7) is 8.43. The molecule has 7 nitrogen and oxygen atoms in total. The molecule has 32 heavy (non-hydrogen) atoms. The lowest BCUT2D eigenvalue weighted by molar-refractivity contribution is 0.267.